The fourth-order valence-corrected chi connectivity index (χ4v) is 2.08. The number of nitrogens with zero attached hydrogens (tertiary/aromatic N) is 2. The van der Waals surface area contributed by atoms with Crippen LogP contribution in [0, 0.1) is 17.1 Å². The van der Waals surface area contributed by atoms with Gasteiger partial charge >= 0.3 is 0 Å². The lowest BCUT2D eigenvalue weighted by molar-refractivity contribution is 0.424. The first-order chi connectivity index (χ1) is 9.85. The average molecular weight is 285 g/mol. The number of aromatic nitrogens is 1. The maximum atomic E-state index is 13.4. The van der Waals surface area contributed by atoms with E-state index in [4.69, 9.17) is 5.26 Å². The van der Waals surface area contributed by atoms with E-state index in [1.807, 2.05) is 29.1 Å². The van der Waals surface area contributed by atoms with Crippen LogP contribution in [-0.4, -0.2) is 10.1 Å². The molecule has 2 rings (SSSR count). The summed E-state index contributed by atoms with van der Waals surface area (Å²) in [5.41, 5.74) is 2.40. The summed E-state index contributed by atoms with van der Waals surface area (Å²) in [7, 11) is 0. The van der Waals surface area contributed by atoms with Crippen LogP contribution in [0.4, 0.5) is 4.39 Å². The summed E-state index contributed by atoms with van der Waals surface area (Å²) >= 11 is 0. The molecule has 1 heterocycles. The minimum absolute atomic E-state index is 0.0757. The zero-order valence-electron chi connectivity index (χ0n) is 12.7. The SMILES string of the molecule is CC(C)(C)NCc1ccn(Cc2cc(F)cc(C#N)c2)c1. The molecule has 3 nitrogen and oxygen atoms in total. The zero-order chi connectivity index (χ0) is 15.5. The quantitative estimate of drug-likeness (QED) is 0.935. The van der Waals surface area contributed by atoms with E-state index in [1.165, 1.54) is 17.7 Å². The Morgan fingerprint density at radius 3 is 2.67 bits per heavy atom. The Morgan fingerprint density at radius 2 is 2.00 bits per heavy atom. The lowest BCUT2D eigenvalue weighted by Crippen LogP contribution is -2.34. The largest absolute Gasteiger partial charge is 0.350 e. The van der Waals surface area contributed by atoms with E-state index in [2.05, 4.69) is 26.1 Å². The molecule has 0 unspecified atom stereocenters. The topological polar surface area (TPSA) is 40.8 Å². The minimum Gasteiger partial charge on any atom is -0.350 e. The van der Waals surface area contributed by atoms with Gasteiger partial charge in [0.2, 0.25) is 0 Å². The fraction of sp³-hybridized carbons (Fsp3) is 0.353. The highest BCUT2D eigenvalue weighted by Crippen LogP contribution is 2.12. The molecule has 0 radical (unpaired) electrons. The highest BCUT2D eigenvalue weighted by molar-refractivity contribution is 5.34. The molecule has 0 bridgehead atoms. The molecule has 2 aromatic rings. The smallest absolute Gasteiger partial charge is 0.124 e. The summed E-state index contributed by atoms with van der Waals surface area (Å²) in [4.78, 5) is 0. The van der Waals surface area contributed by atoms with E-state index in [1.54, 1.807) is 6.07 Å². The van der Waals surface area contributed by atoms with Gasteiger partial charge in [-0.05, 0) is 56.2 Å². The first-order valence-electron chi connectivity index (χ1n) is 6.95. The molecule has 0 saturated heterocycles. The summed E-state index contributed by atoms with van der Waals surface area (Å²) in [6.45, 7) is 7.73. The van der Waals surface area contributed by atoms with E-state index in [9.17, 15) is 4.39 Å². The summed E-state index contributed by atoms with van der Waals surface area (Å²) in [6, 6.07) is 8.45. The summed E-state index contributed by atoms with van der Waals surface area (Å²) < 4.78 is 15.4. The Bertz CT molecular complexity index is 659. The van der Waals surface area contributed by atoms with Crippen molar-refractivity contribution in [3.05, 3.63) is 59.2 Å². The van der Waals surface area contributed by atoms with Crippen molar-refractivity contribution in [3.8, 4) is 6.07 Å². The molecule has 0 atom stereocenters. The molecule has 0 spiro atoms. The molecule has 0 fully saturated rings. The van der Waals surface area contributed by atoms with Crippen LogP contribution in [0.2, 0.25) is 0 Å². The van der Waals surface area contributed by atoms with Gasteiger partial charge in [0.25, 0.3) is 0 Å². The first kappa shape index (κ1) is 15.3. The van der Waals surface area contributed by atoms with Gasteiger partial charge in [-0.1, -0.05) is 0 Å². The third-order valence-corrected chi connectivity index (χ3v) is 3.09. The molecule has 0 saturated carbocycles. The molecule has 0 aliphatic carbocycles. The van der Waals surface area contributed by atoms with Crippen molar-refractivity contribution in [2.75, 3.05) is 0 Å². The number of nitriles is 1. The summed E-state index contributed by atoms with van der Waals surface area (Å²) in [5, 5.41) is 12.3. The standard InChI is InChI=1S/C17H20FN3/c1-17(2,3)20-10-13-4-5-21(11-13)12-15-6-14(9-19)7-16(18)8-15/h4-8,11,20H,10,12H2,1-3H3. The van der Waals surface area contributed by atoms with Gasteiger partial charge in [-0.15, -0.1) is 0 Å². The van der Waals surface area contributed by atoms with Gasteiger partial charge in [0, 0.05) is 31.0 Å². The van der Waals surface area contributed by atoms with E-state index < -0.39 is 0 Å². The van der Waals surface area contributed by atoms with Gasteiger partial charge in [0.15, 0.2) is 0 Å². The molecule has 1 aromatic carbocycles. The van der Waals surface area contributed by atoms with Crippen molar-refractivity contribution < 1.29 is 4.39 Å². The number of hydrogen-bond acceptors (Lipinski definition) is 2. The van der Waals surface area contributed by atoms with Crippen LogP contribution in [-0.2, 0) is 13.1 Å². The lowest BCUT2D eigenvalue weighted by Gasteiger charge is -2.19. The number of rotatable bonds is 4. The van der Waals surface area contributed by atoms with Crippen LogP contribution < -0.4 is 5.32 Å². The number of benzene rings is 1. The van der Waals surface area contributed by atoms with Crippen molar-refractivity contribution in [2.24, 2.45) is 0 Å². The summed E-state index contributed by atoms with van der Waals surface area (Å²) in [5.74, 6) is -0.370. The Balaban J connectivity index is 2.06. The monoisotopic (exact) mass is 285 g/mol. The van der Waals surface area contributed by atoms with Crippen molar-refractivity contribution in [2.45, 2.75) is 39.4 Å². The van der Waals surface area contributed by atoms with Gasteiger partial charge in [0.1, 0.15) is 5.82 Å². The van der Waals surface area contributed by atoms with Gasteiger partial charge in [-0.2, -0.15) is 5.26 Å². The maximum Gasteiger partial charge on any atom is 0.124 e. The second-order valence-electron chi connectivity index (χ2n) is 6.26. The number of hydrogen-bond donors (Lipinski definition) is 1. The Kier molecular flexibility index (Phi) is 4.44. The maximum absolute atomic E-state index is 13.4. The van der Waals surface area contributed by atoms with Gasteiger partial charge < -0.3 is 9.88 Å². The highest BCUT2D eigenvalue weighted by Gasteiger charge is 2.09. The van der Waals surface area contributed by atoms with Crippen molar-refractivity contribution in [3.63, 3.8) is 0 Å². The van der Waals surface area contributed by atoms with E-state index in [0.29, 0.717) is 12.1 Å². The Hall–Kier alpha value is -2.12. The highest BCUT2D eigenvalue weighted by atomic mass is 19.1. The van der Waals surface area contributed by atoms with Crippen LogP contribution in [0.25, 0.3) is 0 Å². The molecule has 4 heteroatoms. The Labute approximate surface area is 125 Å². The molecule has 21 heavy (non-hydrogen) atoms. The second-order valence-corrected chi connectivity index (χ2v) is 6.26. The average Bonchev–Trinajstić information content (AvgIpc) is 2.82. The molecule has 0 aliphatic heterocycles. The van der Waals surface area contributed by atoms with Crippen molar-refractivity contribution in [1.29, 1.82) is 5.26 Å². The number of halogens is 1. The van der Waals surface area contributed by atoms with Crippen molar-refractivity contribution >= 4 is 0 Å². The van der Waals surface area contributed by atoms with E-state index >= 15 is 0 Å². The van der Waals surface area contributed by atoms with E-state index in [-0.39, 0.29) is 11.4 Å². The normalized spacial score (nSPS) is 11.4. The van der Waals surface area contributed by atoms with Crippen LogP contribution >= 0.6 is 0 Å². The molecular weight excluding hydrogens is 265 g/mol. The zero-order valence-corrected chi connectivity index (χ0v) is 12.7. The number of nitrogens with one attached hydrogen (secondary N) is 1. The van der Waals surface area contributed by atoms with E-state index in [0.717, 1.165) is 12.1 Å². The van der Waals surface area contributed by atoms with Crippen molar-refractivity contribution in [1.82, 2.24) is 9.88 Å². The third kappa shape index (κ3) is 4.73. The second kappa shape index (κ2) is 6.11. The molecule has 0 aliphatic rings. The lowest BCUT2D eigenvalue weighted by atomic mass is 10.1. The Morgan fingerprint density at radius 1 is 1.24 bits per heavy atom. The predicted octanol–water partition coefficient (Wildman–Crippen LogP) is 3.44. The van der Waals surface area contributed by atoms with Crippen LogP contribution in [0.15, 0.2) is 36.7 Å². The van der Waals surface area contributed by atoms with Gasteiger partial charge in [-0.3, -0.25) is 0 Å². The van der Waals surface area contributed by atoms with Crippen LogP contribution in [0.1, 0.15) is 37.5 Å². The minimum atomic E-state index is -0.370. The van der Waals surface area contributed by atoms with Crippen LogP contribution in [0.5, 0.6) is 0 Å². The molecule has 1 aromatic heterocycles. The third-order valence-electron chi connectivity index (χ3n) is 3.09. The van der Waals surface area contributed by atoms with Crippen LogP contribution in [0.3, 0.4) is 0 Å². The molecule has 1 N–H and O–H groups in total. The summed E-state index contributed by atoms with van der Waals surface area (Å²) in [6.07, 6.45) is 4.01. The molecule has 0 amide bonds. The first-order valence-corrected chi connectivity index (χ1v) is 6.95. The fourth-order valence-electron chi connectivity index (χ4n) is 2.08. The molecule has 110 valence electrons. The predicted molar refractivity (Wildman–Crippen MR) is 81.2 cm³/mol. The van der Waals surface area contributed by atoms with Gasteiger partial charge in [-0.25, -0.2) is 4.39 Å². The van der Waals surface area contributed by atoms with Gasteiger partial charge in [0.05, 0.1) is 11.6 Å². The molecular formula is C17H20FN3.